The molecule has 0 fully saturated rings. The van der Waals surface area contributed by atoms with Crippen LogP contribution in [0.1, 0.15) is 19.4 Å². The molecular weight excluding hydrogens is 256 g/mol. The zero-order chi connectivity index (χ0) is 14.2. The third kappa shape index (κ3) is 2.34. The molecule has 1 aliphatic heterocycles. The second kappa shape index (κ2) is 4.59. The summed E-state index contributed by atoms with van der Waals surface area (Å²) in [5.41, 5.74) is 1.09. The van der Waals surface area contributed by atoms with Crippen molar-refractivity contribution in [3.05, 3.63) is 47.0 Å². The van der Waals surface area contributed by atoms with E-state index in [1.807, 2.05) is 32.0 Å². The van der Waals surface area contributed by atoms with Gasteiger partial charge in [0.2, 0.25) is 5.88 Å². The lowest BCUT2D eigenvalue weighted by Crippen LogP contribution is -2.24. The van der Waals surface area contributed by atoms with Crippen LogP contribution in [-0.2, 0) is 6.42 Å². The van der Waals surface area contributed by atoms with E-state index in [1.165, 1.54) is 6.20 Å². The van der Waals surface area contributed by atoms with E-state index in [-0.39, 0.29) is 11.3 Å². The molecule has 0 unspecified atom stereocenters. The van der Waals surface area contributed by atoms with Gasteiger partial charge in [0.25, 0.3) is 0 Å². The molecule has 20 heavy (non-hydrogen) atoms. The van der Waals surface area contributed by atoms with E-state index in [0.717, 1.165) is 23.5 Å². The average Bonchev–Trinajstić information content (AvgIpc) is 2.75. The first-order valence-corrected chi connectivity index (χ1v) is 6.35. The molecule has 0 saturated carbocycles. The van der Waals surface area contributed by atoms with Crippen molar-refractivity contribution in [3.8, 4) is 17.4 Å². The van der Waals surface area contributed by atoms with Gasteiger partial charge in [-0.2, -0.15) is 0 Å². The second-order valence-electron chi connectivity index (χ2n) is 5.32. The molecule has 1 aromatic carbocycles. The summed E-state index contributed by atoms with van der Waals surface area (Å²) in [6.45, 7) is 4.08. The molecule has 5 nitrogen and oxygen atoms in total. The van der Waals surface area contributed by atoms with Crippen molar-refractivity contribution in [2.24, 2.45) is 5.18 Å². The second-order valence-corrected chi connectivity index (χ2v) is 5.32. The van der Waals surface area contributed by atoms with Crippen molar-refractivity contribution in [2.45, 2.75) is 25.9 Å². The smallest absolute Gasteiger partial charge is 0.219 e. The van der Waals surface area contributed by atoms with Gasteiger partial charge in [0.05, 0.1) is 6.20 Å². The Kier molecular flexibility index (Phi) is 2.89. The summed E-state index contributed by atoms with van der Waals surface area (Å²) in [6.07, 6.45) is 2.17. The molecule has 0 aliphatic carbocycles. The zero-order valence-electron chi connectivity index (χ0n) is 11.3. The van der Waals surface area contributed by atoms with Crippen LogP contribution in [0.2, 0.25) is 0 Å². The Hall–Kier alpha value is -2.43. The Balaban J connectivity index is 1.89. The van der Waals surface area contributed by atoms with E-state index >= 15 is 0 Å². The van der Waals surface area contributed by atoms with Crippen LogP contribution in [0.15, 0.2) is 41.7 Å². The van der Waals surface area contributed by atoms with Crippen LogP contribution in [-0.4, -0.2) is 10.6 Å². The van der Waals surface area contributed by atoms with Gasteiger partial charge < -0.3 is 9.47 Å². The van der Waals surface area contributed by atoms with Gasteiger partial charge >= 0.3 is 0 Å². The predicted molar refractivity (Wildman–Crippen MR) is 74.6 cm³/mol. The molecule has 1 aromatic heterocycles. The minimum atomic E-state index is -0.222. The van der Waals surface area contributed by atoms with Gasteiger partial charge in [0.15, 0.2) is 0 Å². The Morgan fingerprint density at radius 1 is 1.30 bits per heavy atom. The average molecular weight is 270 g/mol. The molecule has 0 atom stereocenters. The first kappa shape index (κ1) is 12.6. The van der Waals surface area contributed by atoms with Gasteiger partial charge in [-0.1, -0.05) is 6.07 Å². The highest BCUT2D eigenvalue weighted by Crippen LogP contribution is 2.41. The number of nitroso groups, excluding NO2 is 1. The molecule has 2 aromatic rings. The topological polar surface area (TPSA) is 60.8 Å². The number of aromatic nitrogens is 1. The highest BCUT2D eigenvalue weighted by atomic mass is 16.5. The minimum Gasteiger partial charge on any atom is -0.487 e. The summed E-state index contributed by atoms with van der Waals surface area (Å²) in [5.74, 6) is 2.00. The fourth-order valence-corrected chi connectivity index (χ4v) is 2.27. The Bertz CT molecular complexity index is 651. The van der Waals surface area contributed by atoms with Crippen molar-refractivity contribution < 1.29 is 9.47 Å². The van der Waals surface area contributed by atoms with Gasteiger partial charge in [0, 0.05) is 18.1 Å². The summed E-state index contributed by atoms with van der Waals surface area (Å²) in [4.78, 5) is 14.4. The largest absolute Gasteiger partial charge is 0.487 e. The van der Waals surface area contributed by atoms with E-state index in [0.29, 0.717) is 5.88 Å². The maximum absolute atomic E-state index is 10.4. The van der Waals surface area contributed by atoms with Crippen molar-refractivity contribution in [1.29, 1.82) is 0 Å². The van der Waals surface area contributed by atoms with Crippen molar-refractivity contribution in [2.75, 3.05) is 0 Å². The van der Waals surface area contributed by atoms with Crippen molar-refractivity contribution in [3.63, 3.8) is 0 Å². The third-order valence-corrected chi connectivity index (χ3v) is 3.12. The van der Waals surface area contributed by atoms with Crippen LogP contribution >= 0.6 is 0 Å². The first-order valence-electron chi connectivity index (χ1n) is 6.35. The highest BCUT2D eigenvalue weighted by Gasteiger charge is 2.32. The van der Waals surface area contributed by atoms with Gasteiger partial charge in [-0.15, -0.1) is 4.91 Å². The summed E-state index contributed by atoms with van der Waals surface area (Å²) in [5, 5.41) is 2.81. The van der Waals surface area contributed by atoms with Crippen molar-refractivity contribution >= 4 is 5.69 Å². The number of fused-ring (bicyclic) bond motifs is 1. The van der Waals surface area contributed by atoms with Crippen LogP contribution in [0.3, 0.4) is 0 Å². The van der Waals surface area contributed by atoms with E-state index in [1.54, 1.807) is 12.1 Å². The number of benzene rings is 1. The molecule has 0 saturated heterocycles. The van der Waals surface area contributed by atoms with E-state index in [9.17, 15) is 4.91 Å². The van der Waals surface area contributed by atoms with Crippen LogP contribution in [0, 0.1) is 4.91 Å². The first-order chi connectivity index (χ1) is 9.57. The summed E-state index contributed by atoms with van der Waals surface area (Å²) >= 11 is 0. The lowest BCUT2D eigenvalue weighted by molar-refractivity contribution is 0.138. The van der Waals surface area contributed by atoms with E-state index < -0.39 is 0 Å². The summed E-state index contributed by atoms with van der Waals surface area (Å²) < 4.78 is 11.6. The fraction of sp³-hybridized carbons (Fsp3) is 0.267. The maximum atomic E-state index is 10.4. The molecule has 0 bridgehead atoms. The molecule has 0 amide bonds. The monoisotopic (exact) mass is 270 g/mol. The van der Waals surface area contributed by atoms with Crippen LogP contribution < -0.4 is 9.47 Å². The Morgan fingerprint density at radius 3 is 2.85 bits per heavy atom. The van der Waals surface area contributed by atoms with Crippen LogP contribution in [0.25, 0.3) is 0 Å². The Labute approximate surface area is 116 Å². The molecule has 0 radical (unpaired) electrons. The number of hydrogen-bond acceptors (Lipinski definition) is 5. The molecule has 0 N–H and O–H groups in total. The van der Waals surface area contributed by atoms with E-state index in [4.69, 9.17) is 9.47 Å². The third-order valence-electron chi connectivity index (χ3n) is 3.12. The lowest BCUT2D eigenvalue weighted by Gasteiger charge is -2.16. The number of ether oxygens (including phenoxy) is 2. The molecule has 0 spiro atoms. The molecular formula is C15H14N2O3. The molecule has 3 rings (SSSR count). The minimum absolute atomic E-state index is 0.222. The van der Waals surface area contributed by atoms with Crippen LogP contribution in [0.4, 0.5) is 5.69 Å². The molecule has 2 heterocycles. The maximum Gasteiger partial charge on any atom is 0.219 e. The Morgan fingerprint density at radius 2 is 2.15 bits per heavy atom. The molecule has 1 aliphatic rings. The number of rotatable bonds is 3. The normalized spacial score (nSPS) is 15.3. The van der Waals surface area contributed by atoms with E-state index in [2.05, 4.69) is 10.2 Å². The SMILES string of the molecule is CC1(C)Cc2c(Oc3ccc(N=O)cn3)cccc2O1. The highest BCUT2D eigenvalue weighted by molar-refractivity contribution is 5.50. The fourth-order valence-electron chi connectivity index (χ4n) is 2.27. The number of pyridine rings is 1. The quantitative estimate of drug-likeness (QED) is 0.791. The molecule has 5 heteroatoms. The van der Waals surface area contributed by atoms with Gasteiger partial charge in [-0.05, 0) is 37.2 Å². The van der Waals surface area contributed by atoms with Crippen molar-refractivity contribution in [1.82, 2.24) is 4.98 Å². The summed E-state index contributed by atoms with van der Waals surface area (Å²) in [6, 6.07) is 8.90. The standard InChI is InChI=1S/C15H14N2O3/c1-15(2)8-11-12(4-3-5-13(11)20-15)19-14-7-6-10(17-18)9-16-14/h3-7,9H,8H2,1-2H3. The predicted octanol–water partition coefficient (Wildman–Crippen LogP) is 3.99. The van der Waals surface area contributed by atoms with Gasteiger partial charge in [-0.25, -0.2) is 4.98 Å². The van der Waals surface area contributed by atoms with Gasteiger partial charge in [-0.3, -0.25) is 0 Å². The number of hydrogen-bond donors (Lipinski definition) is 0. The molecule has 102 valence electrons. The number of nitrogens with zero attached hydrogens (tertiary/aromatic N) is 2. The summed E-state index contributed by atoms with van der Waals surface area (Å²) in [7, 11) is 0. The zero-order valence-corrected chi connectivity index (χ0v) is 11.3. The lowest BCUT2D eigenvalue weighted by atomic mass is 10.0. The van der Waals surface area contributed by atoms with Gasteiger partial charge in [0.1, 0.15) is 22.8 Å². The van der Waals surface area contributed by atoms with Crippen LogP contribution in [0.5, 0.6) is 17.4 Å².